The van der Waals surface area contributed by atoms with Crippen LogP contribution in [0.4, 0.5) is 5.69 Å². The Morgan fingerprint density at radius 2 is 1.90 bits per heavy atom. The number of hydrogen-bond acceptors (Lipinski definition) is 5. The zero-order chi connectivity index (χ0) is 15.2. The van der Waals surface area contributed by atoms with E-state index in [-0.39, 0.29) is 11.5 Å². The highest BCUT2D eigenvalue weighted by Gasteiger charge is 2.14. The summed E-state index contributed by atoms with van der Waals surface area (Å²) in [5, 5.41) is 10.6. The van der Waals surface area contributed by atoms with Gasteiger partial charge < -0.3 is 4.90 Å². The minimum Gasteiger partial charge on any atom is -0.302 e. The Kier molecular flexibility index (Phi) is 5.41. The van der Waals surface area contributed by atoms with Gasteiger partial charge in [-0.3, -0.25) is 19.8 Å². The number of Topliss-reactive ketones (excluding diaryl/α,β-unsaturated/α-hetero) is 1. The van der Waals surface area contributed by atoms with E-state index in [0.29, 0.717) is 12.1 Å². The third-order valence-corrected chi connectivity index (χ3v) is 3.81. The number of hydrogen-bond donors (Lipinski definition) is 0. The lowest BCUT2D eigenvalue weighted by Gasteiger charge is -2.20. The summed E-state index contributed by atoms with van der Waals surface area (Å²) >= 11 is 0. The summed E-state index contributed by atoms with van der Waals surface area (Å²) in [5.74, 6) is -0.00572. The molecule has 2 rings (SSSR count). The van der Waals surface area contributed by atoms with E-state index >= 15 is 0 Å². The van der Waals surface area contributed by atoms with Gasteiger partial charge in [0.2, 0.25) is 0 Å². The maximum absolute atomic E-state index is 12.1. The monoisotopic (exact) mass is 291 g/mol. The Morgan fingerprint density at radius 1 is 1.29 bits per heavy atom. The molecular formula is C15H21N3O3. The maximum Gasteiger partial charge on any atom is 0.269 e. The molecule has 0 bridgehead atoms. The number of rotatable bonds is 7. The molecule has 0 radical (unpaired) electrons. The quantitative estimate of drug-likeness (QED) is 0.435. The molecule has 0 aliphatic carbocycles. The Bertz CT molecular complexity index is 495. The van der Waals surface area contributed by atoms with Crippen molar-refractivity contribution >= 4 is 11.5 Å². The van der Waals surface area contributed by atoms with Crippen molar-refractivity contribution in [1.82, 2.24) is 9.80 Å². The van der Waals surface area contributed by atoms with E-state index in [2.05, 4.69) is 4.90 Å². The van der Waals surface area contributed by atoms with Gasteiger partial charge in [0.25, 0.3) is 5.69 Å². The Labute approximate surface area is 124 Å². The fourth-order valence-corrected chi connectivity index (χ4v) is 2.50. The van der Waals surface area contributed by atoms with Gasteiger partial charge in [0.1, 0.15) is 0 Å². The molecule has 114 valence electrons. The lowest BCUT2D eigenvalue weighted by Crippen LogP contribution is -2.34. The molecule has 6 nitrogen and oxygen atoms in total. The topological polar surface area (TPSA) is 66.7 Å². The van der Waals surface area contributed by atoms with Gasteiger partial charge in [-0.2, -0.15) is 0 Å². The van der Waals surface area contributed by atoms with E-state index in [0.717, 1.165) is 26.2 Å². The number of carbonyl (C=O) groups is 1. The normalized spacial score (nSPS) is 15.5. The van der Waals surface area contributed by atoms with Crippen molar-refractivity contribution in [2.45, 2.75) is 12.8 Å². The second-order valence-electron chi connectivity index (χ2n) is 5.51. The summed E-state index contributed by atoms with van der Waals surface area (Å²) in [6.45, 7) is 4.50. The molecule has 0 saturated carbocycles. The number of non-ortho nitro benzene ring substituents is 1. The van der Waals surface area contributed by atoms with Crippen LogP contribution in [0.15, 0.2) is 24.3 Å². The molecule has 1 aromatic carbocycles. The number of ketones is 1. The molecule has 1 aliphatic rings. The van der Waals surface area contributed by atoms with Gasteiger partial charge in [0, 0.05) is 30.8 Å². The number of benzene rings is 1. The highest BCUT2D eigenvalue weighted by Crippen LogP contribution is 2.12. The molecule has 0 atom stereocenters. The van der Waals surface area contributed by atoms with Crippen molar-refractivity contribution in [1.29, 1.82) is 0 Å². The fraction of sp³-hybridized carbons (Fsp3) is 0.533. The minimum atomic E-state index is -0.462. The smallest absolute Gasteiger partial charge is 0.269 e. The van der Waals surface area contributed by atoms with Crippen molar-refractivity contribution in [3.8, 4) is 0 Å². The highest BCUT2D eigenvalue weighted by atomic mass is 16.6. The first kappa shape index (κ1) is 15.6. The molecule has 0 amide bonds. The summed E-state index contributed by atoms with van der Waals surface area (Å²) in [6, 6.07) is 5.79. The summed E-state index contributed by atoms with van der Waals surface area (Å²) < 4.78 is 0. The van der Waals surface area contributed by atoms with Gasteiger partial charge in [0.15, 0.2) is 5.78 Å². The molecular weight excluding hydrogens is 270 g/mol. The van der Waals surface area contributed by atoms with Crippen LogP contribution in [0.5, 0.6) is 0 Å². The SMILES string of the molecule is CN(CCN1CCCC1)CC(=O)c1ccc([N+](=O)[O-])cc1. The van der Waals surface area contributed by atoms with Crippen LogP contribution in [-0.4, -0.2) is 60.3 Å². The van der Waals surface area contributed by atoms with Gasteiger partial charge in [0.05, 0.1) is 11.5 Å². The van der Waals surface area contributed by atoms with Crippen molar-refractivity contribution in [2.24, 2.45) is 0 Å². The Balaban J connectivity index is 1.80. The van der Waals surface area contributed by atoms with Gasteiger partial charge in [-0.05, 0) is 45.1 Å². The van der Waals surface area contributed by atoms with Crippen molar-refractivity contribution in [3.63, 3.8) is 0 Å². The molecule has 21 heavy (non-hydrogen) atoms. The first-order chi connectivity index (χ1) is 10.1. The number of nitro benzene ring substituents is 1. The van der Waals surface area contributed by atoms with Gasteiger partial charge in [-0.15, -0.1) is 0 Å². The molecule has 0 unspecified atom stereocenters. The third kappa shape index (κ3) is 4.61. The van der Waals surface area contributed by atoms with Crippen LogP contribution < -0.4 is 0 Å². The van der Waals surface area contributed by atoms with Gasteiger partial charge in [-0.25, -0.2) is 0 Å². The van der Waals surface area contributed by atoms with E-state index < -0.39 is 4.92 Å². The molecule has 1 aliphatic heterocycles. The number of likely N-dealkylation sites (tertiary alicyclic amines) is 1. The summed E-state index contributed by atoms with van der Waals surface area (Å²) in [6.07, 6.45) is 2.54. The molecule has 0 spiro atoms. The fourth-order valence-electron chi connectivity index (χ4n) is 2.50. The van der Waals surface area contributed by atoms with E-state index in [1.807, 2.05) is 11.9 Å². The number of nitrogens with zero attached hydrogens (tertiary/aromatic N) is 3. The molecule has 6 heteroatoms. The van der Waals surface area contributed by atoms with Crippen LogP contribution in [0, 0.1) is 10.1 Å². The van der Waals surface area contributed by atoms with Crippen molar-refractivity contribution < 1.29 is 9.72 Å². The average molecular weight is 291 g/mol. The summed E-state index contributed by atoms with van der Waals surface area (Å²) in [4.78, 5) is 26.6. The van der Waals surface area contributed by atoms with Crippen LogP contribution >= 0.6 is 0 Å². The highest BCUT2D eigenvalue weighted by molar-refractivity contribution is 5.97. The Morgan fingerprint density at radius 3 is 2.48 bits per heavy atom. The first-order valence-corrected chi connectivity index (χ1v) is 7.25. The zero-order valence-corrected chi connectivity index (χ0v) is 12.3. The third-order valence-electron chi connectivity index (χ3n) is 3.81. The second kappa shape index (κ2) is 7.28. The molecule has 1 fully saturated rings. The predicted octanol–water partition coefficient (Wildman–Crippen LogP) is 1.81. The van der Waals surface area contributed by atoms with Crippen molar-refractivity contribution in [2.75, 3.05) is 39.8 Å². The average Bonchev–Trinajstić information content (AvgIpc) is 2.98. The predicted molar refractivity (Wildman–Crippen MR) is 80.6 cm³/mol. The van der Waals surface area contributed by atoms with E-state index in [1.54, 1.807) is 0 Å². The lowest BCUT2D eigenvalue weighted by molar-refractivity contribution is -0.384. The molecule has 1 saturated heterocycles. The van der Waals surface area contributed by atoms with Crippen LogP contribution in [0.2, 0.25) is 0 Å². The molecule has 0 aromatic heterocycles. The van der Waals surface area contributed by atoms with E-state index in [4.69, 9.17) is 0 Å². The molecule has 1 heterocycles. The van der Waals surface area contributed by atoms with Gasteiger partial charge in [-0.1, -0.05) is 0 Å². The molecule has 0 N–H and O–H groups in total. The van der Waals surface area contributed by atoms with E-state index in [9.17, 15) is 14.9 Å². The number of carbonyl (C=O) groups excluding carboxylic acids is 1. The maximum atomic E-state index is 12.1. The largest absolute Gasteiger partial charge is 0.302 e. The standard InChI is InChI=1S/C15H21N3O3/c1-16(10-11-17-8-2-3-9-17)12-15(19)13-4-6-14(7-5-13)18(20)21/h4-7H,2-3,8-12H2,1H3. The Hall–Kier alpha value is -1.79. The van der Waals surface area contributed by atoms with E-state index in [1.165, 1.54) is 37.1 Å². The lowest BCUT2D eigenvalue weighted by atomic mass is 10.1. The number of likely N-dealkylation sites (N-methyl/N-ethyl adjacent to an activating group) is 1. The molecule has 1 aromatic rings. The minimum absolute atomic E-state index is 0.00572. The van der Waals surface area contributed by atoms with Crippen LogP contribution in [0.1, 0.15) is 23.2 Å². The first-order valence-electron chi connectivity index (χ1n) is 7.25. The number of nitro groups is 1. The van der Waals surface area contributed by atoms with Crippen LogP contribution in [-0.2, 0) is 0 Å². The summed E-state index contributed by atoms with van der Waals surface area (Å²) in [7, 11) is 1.93. The van der Waals surface area contributed by atoms with Crippen LogP contribution in [0.3, 0.4) is 0 Å². The zero-order valence-electron chi connectivity index (χ0n) is 12.3. The van der Waals surface area contributed by atoms with Crippen molar-refractivity contribution in [3.05, 3.63) is 39.9 Å². The van der Waals surface area contributed by atoms with Gasteiger partial charge >= 0.3 is 0 Å². The second-order valence-corrected chi connectivity index (χ2v) is 5.51. The summed E-state index contributed by atoms with van der Waals surface area (Å²) in [5.41, 5.74) is 0.530. The van der Waals surface area contributed by atoms with Crippen LogP contribution in [0.25, 0.3) is 0 Å².